The van der Waals surface area contributed by atoms with Gasteiger partial charge in [-0.15, -0.1) is 0 Å². The van der Waals surface area contributed by atoms with Gasteiger partial charge >= 0.3 is 0 Å². The highest BCUT2D eigenvalue weighted by atomic mass is 15.2. The van der Waals surface area contributed by atoms with E-state index in [2.05, 4.69) is 223 Å². The van der Waals surface area contributed by atoms with Gasteiger partial charge in [0.15, 0.2) is 0 Å². The zero-order valence-electron chi connectivity index (χ0n) is 32.4. The second kappa shape index (κ2) is 15.1. The fourth-order valence-electron chi connectivity index (χ4n) is 9.20. The van der Waals surface area contributed by atoms with Crippen LogP contribution in [0.15, 0.2) is 206 Å². The van der Waals surface area contributed by atoms with Crippen molar-refractivity contribution in [3.63, 3.8) is 0 Å². The van der Waals surface area contributed by atoms with Crippen molar-refractivity contribution in [3.8, 4) is 33.4 Å². The van der Waals surface area contributed by atoms with Crippen LogP contribution in [0.2, 0.25) is 0 Å². The highest BCUT2D eigenvalue weighted by Crippen LogP contribution is 2.48. The lowest BCUT2D eigenvalue weighted by atomic mass is 9.86. The van der Waals surface area contributed by atoms with E-state index < -0.39 is 0 Å². The minimum Gasteiger partial charge on any atom is -0.357 e. The van der Waals surface area contributed by atoms with E-state index >= 15 is 0 Å². The molecule has 1 heterocycles. The van der Waals surface area contributed by atoms with Gasteiger partial charge in [-0.25, -0.2) is 0 Å². The van der Waals surface area contributed by atoms with Crippen molar-refractivity contribution in [2.24, 2.45) is 0 Å². The lowest BCUT2D eigenvalue weighted by Gasteiger charge is -2.36. The van der Waals surface area contributed by atoms with Gasteiger partial charge in [-0.05, 0) is 125 Å². The maximum atomic E-state index is 2.69. The second-order valence-electron chi connectivity index (χ2n) is 15.7. The average Bonchev–Trinajstić information content (AvgIpc) is 3.62. The Hall–Kier alpha value is -6.64. The maximum Gasteiger partial charge on any atom is 0.0549 e. The van der Waals surface area contributed by atoms with E-state index in [1.165, 1.54) is 74.2 Å². The monoisotopic (exact) mass is 734 g/mol. The summed E-state index contributed by atoms with van der Waals surface area (Å²) in [7, 11) is 0. The van der Waals surface area contributed by atoms with Gasteiger partial charge < -0.3 is 9.80 Å². The Kier molecular flexibility index (Phi) is 9.24. The quantitative estimate of drug-likeness (QED) is 0.143. The summed E-state index contributed by atoms with van der Waals surface area (Å²) in [6.07, 6.45) is 15.5. The molecule has 0 bridgehead atoms. The van der Waals surface area contributed by atoms with Crippen molar-refractivity contribution < 1.29 is 0 Å². The molecule has 0 N–H and O–H groups in total. The molecule has 276 valence electrons. The van der Waals surface area contributed by atoms with Crippen molar-refractivity contribution in [1.82, 2.24) is 0 Å². The molecule has 2 heteroatoms. The van der Waals surface area contributed by atoms with Gasteiger partial charge in [0, 0.05) is 28.7 Å². The smallest absolute Gasteiger partial charge is 0.0549 e. The molecule has 3 aliphatic rings. The summed E-state index contributed by atoms with van der Waals surface area (Å²) in [5.41, 5.74) is 17.4. The van der Waals surface area contributed by atoms with E-state index in [0.29, 0.717) is 18.0 Å². The molecule has 10 rings (SSSR count). The SMILES string of the molecule is Cc1ccc(-c2cccc(-c3ccc(N(c4ccc(C5=CC(N6c7ccccc7C7CCC=CC76)CC=C5)cc4)c4ccc(-c5ccccc5)cc4)cc3)c2)cc1. The highest BCUT2D eigenvalue weighted by molar-refractivity contribution is 5.83. The van der Waals surface area contributed by atoms with Gasteiger partial charge in [0.1, 0.15) is 0 Å². The van der Waals surface area contributed by atoms with Crippen molar-refractivity contribution in [1.29, 1.82) is 0 Å². The first-order valence-electron chi connectivity index (χ1n) is 20.4. The molecule has 2 aliphatic carbocycles. The molecule has 0 aromatic heterocycles. The Balaban J connectivity index is 0.969. The minimum absolute atomic E-state index is 0.319. The van der Waals surface area contributed by atoms with E-state index in [1.807, 2.05) is 0 Å². The maximum absolute atomic E-state index is 2.69. The molecule has 0 saturated heterocycles. The molecule has 3 atom stereocenters. The van der Waals surface area contributed by atoms with Crippen LogP contribution in [0.5, 0.6) is 0 Å². The third-order valence-electron chi connectivity index (χ3n) is 12.1. The Labute approximate surface area is 337 Å². The molecule has 0 amide bonds. The van der Waals surface area contributed by atoms with Crippen LogP contribution < -0.4 is 9.80 Å². The van der Waals surface area contributed by atoms with Crippen LogP contribution in [0.1, 0.15) is 41.9 Å². The molecular formula is C55H46N2. The average molecular weight is 735 g/mol. The van der Waals surface area contributed by atoms with E-state index in [9.17, 15) is 0 Å². The number of benzene rings is 7. The standard InChI is InChI=1S/C55H46N2/c1-39-21-23-42(24-22-39)45-13-9-14-46(37-45)43-27-33-49(34-28-43)56(48-31-25-41(26-32-48)40-11-3-2-4-12-40)50-35-29-44(30-36-50)47-15-10-16-51(38-47)57-54-19-7-5-17-52(54)53-18-6-8-20-55(53)57/h2-5,7-15,17,19-38,51,53,55H,6,16,18H2,1H3. The van der Waals surface area contributed by atoms with E-state index in [1.54, 1.807) is 0 Å². The molecule has 2 nitrogen and oxygen atoms in total. The van der Waals surface area contributed by atoms with Crippen LogP contribution in [0, 0.1) is 6.92 Å². The van der Waals surface area contributed by atoms with Crippen molar-refractivity contribution in [2.45, 2.75) is 44.2 Å². The van der Waals surface area contributed by atoms with Gasteiger partial charge in [0.05, 0.1) is 12.1 Å². The molecule has 0 fully saturated rings. The summed E-state index contributed by atoms with van der Waals surface area (Å²) >= 11 is 0. The number of para-hydroxylation sites is 1. The van der Waals surface area contributed by atoms with Crippen LogP contribution in [0.3, 0.4) is 0 Å². The van der Waals surface area contributed by atoms with E-state index in [-0.39, 0.29) is 0 Å². The zero-order chi connectivity index (χ0) is 38.1. The van der Waals surface area contributed by atoms with Gasteiger partial charge in [-0.2, -0.15) is 0 Å². The number of hydrogen-bond donors (Lipinski definition) is 0. The topological polar surface area (TPSA) is 6.48 Å². The molecule has 0 saturated carbocycles. The van der Waals surface area contributed by atoms with Gasteiger partial charge in [-0.1, -0.05) is 163 Å². The molecule has 0 spiro atoms. The number of hydrogen-bond acceptors (Lipinski definition) is 2. The summed E-state index contributed by atoms with van der Waals surface area (Å²) < 4.78 is 0. The summed E-state index contributed by atoms with van der Waals surface area (Å²) in [5.74, 6) is 0.582. The lowest BCUT2D eigenvalue weighted by Crippen LogP contribution is -2.41. The predicted molar refractivity (Wildman–Crippen MR) is 242 cm³/mol. The molecule has 3 unspecified atom stereocenters. The van der Waals surface area contributed by atoms with Gasteiger partial charge in [0.25, 0.3) is 0 Å². The van der Waals surface area contributed by atoms with Gasteiger partial charge in [0.2, 0.25) is 0 Å². The van der Waals surface area contributed by atoms with Crippen molar-refractivity contribution in [3.05, 3.63) is 223 Å². The first-order valence-corrected chi connectivity index (χ1v) is 20.4. The van der Waals surface area contributed by atoms with Crippen LogP contribution in [0.25, 0.3) is 39.0 Å². The normalized spacial score (nSPS) is 18.2. The molecule has 1 aliphatic heterocycles. The summed E-state index contributed by atoms with van der Waals surface area (Å²) in [5, 5.41) is 0. The first kappa shape index (κ1) is 34.8. The number of anilines is 4. The minimum atomic E-state index is 0.319. The highest BCUT2D eigenvalue weighted by Gasteiger charge is 2.40. The number of nitrogens with zero attached hydrogens (tertiary/aromatic N) is 2. The number of aryl methyl sites for hydroxylation is 1. The first-order chi connectivity index (χ1) is 28.2. The molecule has 0 radical (unpaired) electrons. The van der Waals surface area contributed by atoms with Gasteiger partial charge in [-0.3, -0.25) is 0 Å². The molecular weight excluding hydrogens is 689 g/mol. The third kappa shape index (κ3) is 6.83. The summed E-state index contributed by atoms with van der Waals surface area (Å²) in [6.45, 7) is 2.13. The van der Waals surface area contributed by atoms with Crippen molar-refractivity contribution >= 4 is 28.3 Å². The third-order valence-corrected chi connectivity index (χ3v) is 12.1. The fraction of sp³-hybridized carbons (Fsp3) is 0.127. The van der Waals surface area contributed by atoms with Crippen LogP contribution in [0.4, 0.5) is 22.7 Å². The Morgan fingerprint density at radius 1 is 0.509 bits per heavy atom. The van der Waals surface area contributed by atoms with Crippen LogP contribution >= 0.6 is 0 Å². The van der Waals surface area contributed by atoms with E-state index in [4.69, 9.17) is 0 Å². The molecule has 7 aromatic rings. The van der Waals surface area contributed by atoms with Crippen LogP contribution in [-0.2, 0) is 0 Å². The Morgan fingerprint density at radius 3 is 1.72 bits per heavy atom. The second-order valence-corrected chi connectivity index (χ2v) is 15.7. The summed E-state index contributed by atoms with van der Waals surface area (Å²) in [6, 6.07) is 65.2. The van der Waals surface area contributed by atoms with E-state index in [0.717, 1.165) is 23.5 Å². The fourth-order valence-corrected chi connectivity index (χ4v) is 9.20. The Bertz CT molecular complexity index is 2600. The lowest BCUT2D eigenvalue weighted by molar-refractivity contribution is 0.524. The number of allylic oxidation sites excluding steroid dienone is 3. The largest absolute Gasteiger partial charge is 0.357 e. The van der Waals surface area contributed by atoms with Crippen LogP contribution in [-0.4, -0.2) is 12.1 Å². The number of rotatable bonds is 8. The van der Waals surface area contributed by atoms with Crippen molar-refractivity contribution in [2.75, 3.05) is 9.80 Å². The molecule has 7 aromatic carbocycles. The summed E-state index contributed by atoms with van der Waals surface area (Å²) in [4.78, 5) is 5.06. The Morgan fingerprint density at radius 2 is 1.05 bits per heavy atom. The zero-order valence-corrected chi connectivity index (χ0v) is 32.4. The number of fused-ring (bicyclic) bond motifs is 3. The molecule has 57 heavy (non-hydrogen) atoms. The predicted octanol–water partition coefficient (Wildman–Crippen LogP) is 14.5.